The van der Waals surface area contributed by atoms with Crippen LogP contribution < -0.4 is 5.32 Å². The predicted octanol–water partition coefficient (Wildman–Crippen LogP) is 2.70. The van der Waals surface area contributed by atoms with Gasteiger partial charge in [0.05, 0.1) is 12.9 Å². The first-order chi connectivity index (χ1) is 10.3. The number of likely N-dealkylation sites (N-methyl/N-ethyl adjacent to an activating group) is 1. The second-order valence-electron chi connectivity index (χ2n) is 4.79. The molecule has 0 bridgehead atoms. The van der Waals surface area contributed by atoms with Gasteiger partial charge in [-0.25, -0.2) is 4.98 Å². The fourth-order valence-corrected chi connectivity index (χ4v) is 2.70. The van der Waals surface area contributed by atoms with Crippen LogP contribution in [0.3, 0.4) is 0 Å². The van der Waals surface area contributed by atoms with Crippen LogP contribution in [0.4, 0.5) is 0 Å². The molecule has 0 aliphatic carbocycles. The summed E-state index contributed by atoms with van der Waals surface area (Å²) in [5, 5.41) is 5.47. The molecule has 0 spiro atoms. The number of guanidine groups is 1. The van der Waals surface area contributed by atoms with Crippen molar-refractivity contribution in [3.05, 3.63) is 41.1 Å². The van der Waals surface area contributed by atoms with Crippen molar-refractivity contribution in [2.45, 2.75) is 19.9 Å². The maximum absolute atomic E-state index is 4.67. The number of aromatic nitrogens is 2. The number of rotatable bonds is 7. The summed E-state index contributed by atoms with van der Waals surface area (Å²) in [4.78, 5) is 12.3. The molecule has 5 nitrogen and oxygen atoms in total. The van der Waals surface area contributed by atoms with Crippen LogP contribution in [-0.2, 0) is 13.0 Å². The second kappa shape index (κ2) is 10.6. The van der Waals surface area contributed by atoms with Crippen molar-refractivity contribution in [2.24, 2.45) is 4.99 Å². The van der Waals surface area contributed by atoms with E-state index in [9.17, 15) is 0 Å². The topological polar surface area (TPSA) is 45.5 Å². The summed E-state index contributed by atoms with van der Waals surface area (Å²) >= 11 is 1.81. The van der Waals surface area contributed by atoms with Crippen LogP contribution in [0, 0.1) is 0 Å². The normalized spacial score (nSPS) is 11.1. The van der Waals surface area contributed by atoms with Crippen molar-refractivity contribution in [3.8, 4) is 0 Å². The number of hydrogen-bond donors (Lipinski definition) is 1. The Kier molecular flexibility index (Phi) is 9.14. The molecule has 2 aromatic rings. The lowest BCUT2D eigenvalue weighted by atomic mass is 10.3. The Morgan fingerprint density at radius 3 is 3.00 bits per heavy atom. The van der Waals surface area contributed by atoms with E-state index in [1.54, 1.807) is 6.20 Å². The molecular formula is C15H24IN5S. The Bertz CT molecular complexity index is 524. The highest BCUT2D eigenvalue weighted by Gasteiger charge is 2.05. The van der Waals surface area contributed by atoms with Gasteiger partial charge in [0.15, 0.2) is 5.96 Å². The van der Waals surface area contributed by atoms with Gasteiger partial charge in [-0.15, -0.1) is 35.3 Å². The molecule has 1 N–H and O–H groups in total. The van der Waals surface area contributed by atoms with Gasteiger partial charge in [0.2, 0.25) is 0 Å². The molecule has 2 rings (SSSR count). The van der Waals surface area contributed by atoms with E-state index < -0.39 is 0 Å². The smallest absolute Gasteiger partial charge is 0.193 e. The van der Waals surface area contributed by atoms with Gasteiger partial charge in [-0.2, -0.15) is 0 Å². The minimum absolute atomic E-state index is 0. The fourth-order valence-electron chi connectivity index (χ4n) is 2.00. The van der Waals surface area contributed by atoms with E-state index in [0.29, 0.717) is 0 Å². The van der Waals surface area contributed by atoms with Crippen LogP contribution >= 0.6 is 35.3 Å². The summed E-state index contributed by atoms with van der Waals surface area (Å²) < 4.78 is 2.04. The number of thiophene rings is 1. The summed E-state index contributed by atoms with van der Waals surface area (Å²) in [5.41, 5.74) is 0. The molecule has 0 saturated carbocycles. The minimum Gasteiger partial charge on any atom is -0.357 e. The first-order valence-corrected chi connectivity index (χ1v) is 8.15. The van der Waals surface area contributed by atoms with Crippen molar-refractivity contribution in [1.29, 1.82) is 0 Å². The molecule has 0 amide bonds. The molecule has 0 aliphatic rings. The van der Waals surface area contributed by atoms with E-state index in [0.717, 1.165) is 38.6 Å². The van der Waals surface area contributed by atoms with Gasteiger partial charge in [-0.3, -0.25) is 4.99 Å². The van der Waals surface area contributed by atoms with Gasteiger partial charge >= 0.3 is 0 Å². The molecule has 0 fully saturated rings. The Hall–Kier alpha value is -1.09. The van der Waals surface area contributed by atoms with Crippen molar-refractivity contribution >= 4 is 41.3 Å². The third-order valence-electron chi connectivity index (χ3n) is 3.15. The zero-order chi connectivity index (χ0) is 14.9. The van der Waals surface area contributed by atoms with Crippen molar-refractivity contribution in [1.82, 2.24) is 19.8 Å². The predicted molar refractivity (Wildman–Crippen MR) is 104 cm³/mol. The number of halogens is 1. The third-order valence-corrected chi connectivity index (χ3v) is 4.09. The molecule has 22 heavy (non-hydrogen) atoms. The summed E-state index contributed by atoms with van der Waals surface area (Å²) in [5.74, 6) is 0.967. The Morgan fingerprint density at radius 1 is 1.50 bits per heavy atom. The van der Waals surface area contributed by atoms with Gasteiger partial charge in [0.25, 0.3) is 0 Å². The summed E-state index contributed by atoms with van der Waals surface area (Å²) in [7, 11) is 2.09. The Labute approximate surface area is 153 Å². The quantitative estimate of drug-likeness (QED) is 0.415. The van der Waals surface area contributed by atoms with Crippen molar-refractivity contribution in [3.63, 3.8) is 0 Å². The van der Waals surface area contributed by atoms with E-state index in [2.05, 4.69) is 51.7 Å². The largest absolute Gasteiger partial charge is 0.357 e. The molecule has 0 unspecified atom stereocenters. The first kappa shape index (κ1) is 19.0. The standard InChI is InChI=1S/C15H23N5S.HI/c1-3-17-15(18-8-11-20-10-7-16-13-20)19(2)9-6-14-5-4-12-21-14;/h4-5,7,10,12-13H,3,6,8-9,11H2,1-2H3,(H,17,18);1H. The highest BCUT2D eigenvalue weighted by atomic mass is 127. The highest BCUT2D eigenvalue weighted by molar-refractivity contribution is 14.0. The number of hydrogen-bond acceptors (Lipinski definition) is 3. The Balaban J connectivity index is 0.00000242. The van der Waals surface area contributed by atoms with E-state index in [4.69, 9.17) is 0 Å². The zero-order valence-corrected chi connectivity index (χ0v) is 16.3. The van der Waals surface area contributed by atoms with Gasteiger partial charge in [0, 0.05) is 44.0 Å². The zero-order valence-electron chi connectivity index (χ0n) is 13.1. The lowest BCUT2D eigenvalue weighted by molar-refractivity contribution is 0.485. The molecule has 0 aliphatic heterocycles. The van der Waals surface area contributed by atoms with Crippen LogP contribution in [0.25, 0.3) is 0 Å². The van der Waals surface area contributed by atoms with Crippen LogP contribution in [0.5, 0.6) is 0 Å². The maximum atomic E-state index is 4.67. The monoisotopic (exact) mass is 433 g/mol. The number of nitrogens with one attached hydrogen (secondary N) is 1. The van der Waals surface area contributed by atoms with Gasteiger partial charge < -0.3 is 14.8 Å². The SMILES string of the molecule is CCNC(=NCCn1ccnc1)N(C)CCc1cccs1.I. The summed E-state index contributed by atoms with van der Waals surface area (Å²) in [6, 6.07) is 4.28. The summed E-state index contributed by atoms with van der Waals surface area (Å²) in [6.45, 7) is 5.55. The molecule has 0 saturated heterocycles. The molecule has 2 heterocycles. The third kappa shape index (κ3) is 6.35. The van der Waals surface area contributed by atoms with Crippen molar-refractivity contribution in [2.75, 3.05) is 26.7 Å². The first-order valence-electron chi connectivity index (χ1n) is 7.27. The van der Waals surface area contributed by atoms with E-state index in [1.165, 1.54) is 4.88 Å². The second-order valence-corrected chi connectivity index (χ2v) is 5.82. The molecule has 0 radical (unpaired) electrons. The number of nitrogens with zero attached hydrogens (tertiary/aromatic N) is 4. The fraction of sp³-hybridized carbons (Fsp3) is 0.467. The minimum atomic E-state index is 0. The molecule has 2 aromatic heterocycles. The lowest BCUT2D eigenvalue weighted by Gasteiger charge is -2.21. The number of imidazole rings is 1. The van der Waals surface area contributed by atoms with Gasteiger partial charge in [0.1, 0.15) is 0 Å². The molecule has 122 valence electrons. The van der Waals surface area contributed by atoms with Crippen LogP contribution in [-0.4, -0.2) is 47.1 Å². The molecule has 0 atom stereocenters. The van der Waals surface area contributed by atoms with E-state index >= 15 is 0 Å². The average Bonchev–Trinajstić information content (AvgIpc) is 3.17. The Morgan fingerprint density at radius 2 is 2.36 bits per heavy atom. The molecular weight excluding hydrogens is 409 g/mol. The van der Waals surface area contributed by atoms with Gasteiger partial charge in [-0.1, -0.05) is 6.07 Å². The van der Waals surface area contributed by atoms with Crippen LogP contribution in [0.1, 0.15) is 11.8 Å². The van der Waals surface area contributed by atoms with Crippen molar-refractivity contribution < 1.29 is 0 Å². The average molecular weight is 433 g/mol. The lowest BCUT2D eigenvalue weighted by Crippen LogP contribution is -2.40. The summed E-state index contributed by atoms with van der Waals surface area (Å²) in [6.07, 6.45) is 6.63. The maximum Gasteiger partial charge on any atom is 0.193 e. The van der Waals surface area contributed by atoms with Crippen LogP contribution in [0.15, 0.2) is 41.2 Å². The highest BCUT2D eigenvalue weighted by Crippen LogP contribution is 2.09. The van der Waals surface area contributed by atoms with E-state index in [1.807, 2.05) is 28.4 Å². The van der Waals surface area contributed by atoms with E-state index in [-0.39, 0.29) is 24.0 Å². The van der Waals surface area contributed by atoms with Crippen LogP contribution in [0.2, 0.25) is 0 Å². The molecule has 0 aromatic carbocycles. The molecule has 7 heteroatoms. The van der Waals surface area contributed by atoms with Gasteiger partial charge in [-0.05, 0) is 24.8 Å². The number of aliphatic imine (C=N–C) groups is 1.